The maximum absolute atomic E-state index is 12.7. The second kappa shape index (κ2) is 7.16. The summed E-state index contributed by atoms with van der Waals surface area (Å²) >= 11 is 1.49. The van der Waals surface area contributed by atoms with Gasteiger partial charge in [0.15, 0.2) is 6.61 Å². The standard InChI is InChI=1S/C22H21NO3S/c1-14-11-18(15(2)23(14)17-8-4-3-5-9-17)19(24)13-26-22(25)21-12-16-7-6-10-20(16)27-21/h3-5,8-9,11-12H,6-7,10,13H2,1-2H3. The Morgan fingerprint density at radius 3 is 2.63 bits per heavy atom. The van der Waals surface area contributed by atoms with E-state index in [1.54, 1.807) is 0 Å². The molecule has 1 aliphatic rings. The van der Waals surface area contributed by atoms with Gasteiger partial charge in [0.2, 0.25) is 5.78 Å². The smallest absolute Gasteiger partial charge is 0.348 e. The fourth-order valence-corrected chi connectivity index (χ4v) is 4.88. The number of hydrogen-bond acceptors (Lipinski definition) is 4. The minimum Gasteiger partial charge on any atom is -0.453 e. The van der Waals surface area contributed by atoms with E-state index in [9.17, 15) is 9.59 Å². The average molecular weight is 379 g/mol. The van der Waals surface area contributed by atoms with Crippen LogP contribution < -0.4 is 0 Å². The second-order valence-corrected chi connectivity index (χ2v) is 8.00. The third-order valence-corrected chi connectivity index (χ3v) is 6.25. The molecule has 0 bridgehead atoms. The normalized spacial score (nSPS) is 12.8. The maximum Gasteiger partial charge on any atom is 0.348 e. The van der Waals surface area contributed by atoms with Crippen LogP contribution in [0.1, 0.15) is 48.3 Å². The van der Waals surface area contributed by atoms with Gasteiger partial charge in [0.25, 0.3) is 0 Å². The van der Waals surface area contributed by atoms with E-state index in [0.717, 1.165) is 36.3 Å². The number of aromatic nitrogens is 1. The second-order valence-electron chi connectivity index (χ2n) is 6.87. The number of rotatable bonds is 5. The van der Waals surface area contributed by atoms with E-state index in [1.807, 2.05) is 60.9 Å². The number of ether oxygens (including phenoxy) is 1. The van der Waals surface area contributed by atoms with Crippen molar-refractivity contribution < 1.29 is 14.3 Å². The first-order chi connectivity index (χ1) is 13.0. The number of benzene rings is 1. The molecule has 0 atom stereocenters. The van der Waals surface area contributed by atoms with Crippen LogP contribution in [-0.2, 0) is 17.6 Å². The molecule has 0 amide bonds. The fourth-order valence-electron chi connectivity index (χ4n) is 3.73. The predicted molar refractivity (Wildman–Crippen MR) is 106 cm³/mol. The number of Topliss-reactive ketones (excluding diaryl/α,β-unsaturated/α-hetero) is 1. The van der Waals surface area contributed by atoms with E-state index in [-0.39, 0.29) is 12.4 Å². The first-order valence-corrected chi connectivity index (χ1v) is 9.92. The minimum atomic E-state index is -0.403. The summed E-state index contributed by atoms with van der Waals surface area (Å²) in [7, 11) is 0. The van der Waals surface area contributed by atoms with Crippen molar-refractivity contribution in [2.45, 2.75) is 33.1 Å². The Bertz CT molecular complexity index is 992. The largest absolute Gasteiger partial charge is 0.453 e. The Morgan fingerprint density at radius 1 is 1.11 bits per heavy atom. The van der Waals surface area contributed by atoms with Gasteiger partial charge in [-0.15, -0.1) is 11.3 Å². The van der Waals surface area contributed by atoms with Gasteiger partial charge in [0.1, 0.15) is 4.88 Å². The van der Waals surface area contributed by atoms with Crippen LogP contribution in [0.5, 0.6) is 0 Å². The van der Waals surface area contributed by atoms with Gasteiger partial charge in [-0.3, -0.25) is 4.79 Å². The number of thiophene rings is 1. The van der Waals surface area contributed by atoms with Crippen LogP contribution in [0, 0.1) is 13.8 Å². The Labute approximate surface area is 162 Å². The molecule has 4 rings (SSSR count). The number of nitrogens with zero attached hydrogens (tertiary/aromatic N) is 1. The molecule has 0 radical (unpaired) electrons. The Morgan fingerprint density at radius 2 is 1.89 bits per heavy atom. The summed E-state index contributed by atoms with van der Waals surface area (Å²) < 4.78 is 7.34. The number of hydrogen-bond donors (Lipinski definition) is 0. The van der Waals surface area contributed by atoms with Gasteiger partial charge in [0.05, 0.1) is 0 Å². The summed E-state index contributed by atoms with van der Waals surface area (Å²) in [6, 6.07) is 13.7. The summed E-state index contributed by atoms with van der Waals surface area (Å²) in [5.41, 5.74) is 4.69. The molecule has 0 saturated heterocycles. The van der Waals surface area contributed by atoms with Crippen molar-refractivity contribution in [2.24, 2.45) is 0 Å². The van der Waals surface area contributed by atoms with Crippen molar-refractivity contribution in [1.29, 1.82) is 0 Å². The number of esters is 1. The number of ketones is 1. The molecule has 0 N–H and O–H groups in total. The molecule has 4 nitrogen and oxygen atoms in total. The Kier molecular flexibility index (Phi) is 4.70. The molecule has 0 unspecified atom stereocenters. The number of carbonyl (C=O) groups is 2. The van der Waals surface area contributed by atoms with Gasteiger partial charge in [-0.2, -0.15) is 0 Å². The van der Waals surface area contributed by atoms with Crippen LogP contribution in [-0.4, -0.2) is 22.9 Å². The molecular formula is C22H21NO3S. The first kappa shape index (κ1) is 17.7. The zero-order chi connectivity index (χ0) is 19.0. The molecule has 138 valence electrons. The molecule has 2 heterocycles. The number of fused-ring (bicyclic) bond motifs is 1. The molecule has 27 heavy (non-hydrogen) atoms. The van der Waals surface area contributed by atoms with E-state index in [2.05, 4.69) is 0 Å². The first-order valence-electron chi connectivity index (χ1n) is 9.11. The zero-order valence-corrected chi connectivity index (χ0v) is 16.3. The van der Waals surface area contributed by atoms with E-state index in [4.69, 9.17) is 4.74 Å². The summed E-state index contributed by atoms with van der Waals surface area (Å²) in [6.45, 7) is 3.65. The van der Waals surface area contributed by atoms with Crippen molar-refractivity contribution in [2.75, 3.05) is 6.61 Å². The van der Waals surface area contributed by atoms with E-state index >= 15 is 0 Å². The van der Waals surface area contributed by atoms with E-state index in [1.165, 1.54) is 21.8 Å². The van der Waals surface area contributed by atoms with Gasteiger partial charge in [-0.05, 0) is 62.9 Å². The van der Waals surface area contributed by atoms with Crippen molar-refractivity contribution in [3.63, 3.8) is 0 Å². The minimum absolute atomic E-state index is 0.178. The number of aryl methyl sites for hydroxylation is 3. The van der Waals surface area contributed by atoms with Crippen molar-refractivity contribution >= 4 is 23.1 Å². The van der Waals surface area contributed by atoms with Gasteiger partial charge >= 0.3 is 5.97 Å². The van der Waals surface area contributed by atoms with Gasteiger partial charge in [-0.25, -0.2) is 4.79 Å². The third kappa shape index (κ3) is 3.35. The topological polar surface area (TPSA) is 48.3 Å². The monoisotopic (exact) mass is 379 g/mol. The summed E-state index contributed by atoms with van der Waals surface area (Å²) in [5.74, 6) is -0.581. The Hall–Kier alpha value is -2.66. The highest BCUT2D eigenvalue weighted by Gasteiger charge is 2.22. The quantitative estimate of drug-likeness (QED) is 0.477. The van der Waals surface area contributed by atoms with Gasteiger partial charge in [0, 0.05) is 27.5 Å². The molecule has 2 aromatic heterocycles. The lowest BCUT2D eigenvalue weighted by Crippen LogP contribution is -2.14. The highest BCUT2D eigenvalue weighted by Crippen LogP contribution is 2.31. The molecule has 0 spiro atoms. The van der Waals surface area contributed by atoms with Crippen LogP contribution in [0.25, 0.3) is 5.69 Å². The molecular weight excluding hydrogens is 358 g/mol. The zero-order valence-electron chi connectivity index (χ0n) is 15.5. The fraction of sp³-hybridized carbons (Fsp3) is 0.273. The van der Waals surface area contributed by atoms with Gasteiger partial charge < -0.3 is 9.30 Å². The van der Waals surface area contributed by atoms with Crippen LogP contribution in [0.2, 0.25) is 0 Å². The SMILES string of the molecule is Cc1cc(C(=O)COC(=O)c2cc3c(s2)CCC3)c(C)n1-c1ccccc1. The van der Waals surface area contributed by atoms with Crippen molar-refractivity contribution in [3.8, 4) is 5.69 Å². The van der Waals surface area contributed by atoms with Crippen LogP contribution in [0.4, 0.5) is 0 Å². The Balaban J connectivity index is 1.48. The lowest BCUT2D eigenvalue weighted by molar-refractivity contribution is 0.0479. The molecule has 1 aromatic carbocycles. The van der Waals surface area contributed by atoms with E-state index < -0.39 is 5.97 Å². The highest BCUT2D eigenvalue weighted by molar-refractivity contribution is 7.14. The lowest BCUT2D eigenvalue weighted by Gasteiger charge is -2.09. The summed E-state index contributed by atoms with van der Waals surface area (Å²) in [4.78, 5) is 26.8. The van der Waals surface area contributed by atoms with Crippen molar-refractivity contribution in [3.05, 3.63) is 74.7 Å². The maximum atomic E-state index is 12.7. The van der Waals surface area contributed by atoms with Crippen LogP contribution in [0.15, 0.2) is 42.5 Å². The molecule has 0 saturated carbocycles. The van der Waals surface area contributed by atoms with Crippen LogP contribution in [0.3, 0.4) is 0 Å². The lowest BCUT2D eigenvalue weighted by atomic mass is 10.1. The van der Waals surface area contributed by atoms with Crippen molar-refractivity contribution in [1.82, 2.24) is 4.57 Å². The molecule has 3 aromatic rings. The summed E-state index contributed by atoms with van der Waals surface area (Å²) in [5, 5.41) is 0. The van der Waals surface area contributed by atoms with E-state index in [0.29, 0.717) is 10.4 Å². The average Bonchev–Trinajstić information content (AvgIpc) is 3.34. The summed E-state index contributed by atoms with van der Waals surface area (Å²) in [6.07, 6.45) is 3.23. The third-order valence-electron chi connectivity index (χ3n) is 5.03. The molecule has 0 fully saturated rings. The van der Waals surface area contributed by atoms with Crippen LogP contribution >= 0.6 is 11.3 Å². The number of para-hydroxylation sites is 1. The predicted octanol–water partition coefficient (Wildman–Crippen LogP) is 4.68. The number of carbonyl (C=O) groups excluding carboxylic acids is 2. The molecule has 1 aliphatic carbocycles. The molecule has 5 heteroatoms. The van der Waals surface area contributed by atoms with Gasteiger partial charge in [-0.1, -0.05) is 18.2 Å². The molecule has 0 aliphatic heterocycles. The highest BCUT2D eigenvalue weighted by atomic mass is 32.1.